The molecule has 20 heavy (non-hydrogen) atoms. The van der Waals surface area contributed by atoms with Crippen LogP contribution in [0.15, 0.2) is 10.6 Å². The summed E-state index contributed by atoms with van der Waals surface area (Å²) in [7, 11) is 0. The van der Waals surface area contributed by atoms with Gasteiger partial charge in [-0.25, -0.2) is 4.79 Å². The van der Waals surface area contributed by atoms with Crippen LogP contribution in [0.25, 0.3) is 0 Å². The van der Waals surface area contributed by atoms with E-state index in [4.69, 9.17) is 5.11 Å². The number of carboxylic acids is 1. The topological polar surface area (TPSA) is 113 Å². The minimum atomic E-state index is -1.31. The standard InChI is InChI=1S/C12H15N3O5/c1-7(11(17)15-4-2-3-5-15)13-10(16)8-6-9(12(18)19)20-14-8/h6-7H,2-5H2,1H3,(H,13,16)(H,18,19). The SMILES string of the molecule is CC(NC(=O)c1cc(C(=O)O)on1)C(=O)N1CCCC1. The molecule has 2 N–H and O–H groups in total. The summed E-state index contributed by atoms with van der Waals surface area (Å²) < 4.78 is 4.48. The number of likely N-dealkylation sites (tertiary alicyclic amines) is 1. The summed E-state index contributed by atoms with van der Waals surface area (Å²) in [6, 6.07) is 0.329. The first-order valence-electron chi connectivity index (χ1n) is 6.28. The lowest BCUT2D eigenvalue weighted by Crippen LogP contribution is -2.46. The number of hydrogen-bond acceptors (Lipinski definition) is 5. The number of carboxylic acid groups (broad SMARTS) is 1. The van der Waals surface area contributed by atoms with Crippen LogP contribution >= 0.6 is 0 Å². The maximum absolute atomic E-state index is 12.0. The van der Waals surface area contributed by atoms with Crippen LogP contribution < -0.4 is 5.32 Å². The Morgan fingerprint density at radius 2 is 2.05 bits per heavy atom. The molecule has 2 heterocycles. The molecule has 2 rings (SSSR count). The maximum Gasteiger partial charge on any atom is 0.374 e. The van der Waals surface area contributed by atoms with Gasteiger partial charge in [0, 0.05) is 19.2 Å². The zero-order chi connectivity index (χ0) is 14.7. The largest absolute Gasteiger partial charge is 0.475 e. The number of hydrogen-bond donors (Lipinski definition) is 2. The molecule has 1 aliphatic rings. The molecule has 1 aromatic rings. The van der Waals surface area contributed by atoms with Gasteiger partial charge < -0.3 is 19.8 Å². The number of aromatic nitrogens is 1. The predicted molar refractivity (Wildman–Crippen MR) is 66.2 cm³/mol. The average Bonchev–Trinajstić information content (AvgIpc) is 3.08. The van der Waals surface area contributed by atoms with Crippen molar-refractivity contribution in [2.24, 2.45) is 0 Å². The van der Waals surface area contributed by atoms with E-state index in [2.05, 4.69) is 15.0 Å². The van der Waals surface area contributed by atoms with Gasteiger partial charge in [0.15, 0.2) is 5.69 Å². The maximum atomic E-state index is 12.0. The molecule has 0 aliphatic carbocycles. The second-order valence-electron chi connectivity index (χ2n) is 4.61. The smallest absolute Gasteiger partial charge is 0.374 e. The summed E-state index contributed by atoms with van der Waals surface area (Å²) in [6.45, 7) is 2.98. The van der Waals surface area contributed by atoms with Crippen molar-refractivity contribution in [3.05, 3.63) is 17.5 Å². The first kappa shape index (κ1) is 14.0. The van der Waals surface area contributed by atoms with Crippen LogP contribution in [0.2, 0.25) is 0 Å². The van der Waals surface area contributed by atoms with Crippen molar-refractivity contribution < 1.29 is 24.0 Å². The molecule has 0 aromatic carbocycles. The number of rotatable bonds is 4. The first-order valence-corrected chi connectivity index (χ1v) is 6.28. The quantitative estimate of drug-likeness (QED) is 0.810. The zero-order valence-corrected chi connectivity index (χ0v) is 11.0. The Morgan fingerprint density at radius 1 is 1.40 bits per heavy atom. The second-order valence-corrected chi connectivity index (χ2v) is 4.61. The van der Waals surface area contributed by atoms with Crippen LogP contribution in [0, 0.1) is 0 Å². The van der Waals surface area contributed by atoms with Gasteiger partial charge in [-0.2, -0.15) is 0 Å². The van der Waals surface area contributed by atoms with Crippen LogP contribution in [-0.2, 0) is 4.79 Å². The lowest BCUT2D eigenvalue weighted by molar-refractivity contribution is -0.131. The molecule has 0 saturated carbocycles. The van der Waals surface area contributed by atoms with Gasteiger partial charge in [-0.05, 0) is 19.8 Å². The fraction of sp³-hybridized carbons (Fsp3) is 0.500. The summed E-state index contributed by atoms with van der Waals surface area (Å²) in [4.78, 5) is 36.1. The van der Waals surface area contributed by atoms with E-state index in [9.17, 15) is 14.4 Å². The molecule has 0 spiro atoms. The Balaban J connectivity index is 1.95. The van der Waals surface area contributed by atoms with Crippen LogP contribution in [0.5, 0.6) is 0 Å². The molecule has 1 unspecified atom stereocenters. The number of aromatic carboxylic acids is 1. The molecule has 1 saturated heterocycles. The summed E-state index contributed by atoms with van der Waals surface area (Å²) in [5.41, 5.74) is -0.163. The van der Waals surface area contributed by atoms with Gasteiger partial charge in [-0.3, -0.25) is 9.59 Å². The molecule has 0 radical (unpaired) electrons. The van der Waals surface area contributed by atoms with E-state index in [1.54, 1.807) is 11.8 Å². The molecular weight excluding hydrogens is 266 g/mol. The molecule has 1 fully saturated rings. The van der Waals surface area contributed by atoms with Crippen molar-refractivity contribution in [2.45, 2.75) is 25.8 Å². The molecule has 2 amide bonds. The highest BCUT2D eigenvalue weighted by molar-refractivity contribution is 5.97. The summed E-state index contributed by atoms with van der Waals surface area (Å²) in [5, 5.41) is 14.5. The fourth-order valence-electron chi connectivity index (χ4n) is 2.03. The fourth-order valence-corrected chi connectivity index (χ4v) is 2.03. The van der Waals surface area contributed by atoms with E-state index < -0.39 is 23.7 Å². The van der Waals surface area contributed by atoms with E-state index in [0.29, 0.717) is 13.1 Å². The van der Waals surface area contributed by atoms with Crippen molar-refractivity contribution in [3.63, 3.8) is 0 Å². The molecule has 1 atom stereocenters. The highest BCUT2D eigenvalue weighted by Crippen LogP contribution is 2.09. The van der Waals surface area contributed by atoms with Crippen LogP contribution in [0.3, 0.4) is 0 Å². The van der Waals surface area contributed by atoms with Crippen LogP contribution in [0.1, 0.15) is 40.8 Å². The Morgan fingerprint density at radius 3 is 2.60 bits per heavy atom. The van der Waals surface area contributed by atoms with Gasteiger partial charge >= 0.3 is 5.97 Å². The zero-order valence-electron chi connectivity index (χ0n) is 11.0. The second kappa shape index (κ2) is 5.72. The van der Waals surface area contributed by atoms with Gasteiger partial charge in [-0.1, -0.05) is 5.16 Å². The number of nitrogens with one attached hydrogen (secondary N) is 1. The molecule has 1 aliphatic heterocycles. The first-order chi connectivity index (χ1) is 9.49. The average molecular weight is 281 g/mol. The summed E-state index contributed by atoms with van der Waals surface area (Å²) in [6.07, 6.45) is 1.94. The van der Waals surface area contributed by atoms with Crippen LogP contribution in [-0.4, -0.2) is 52.1 Å². The normalized spacial score (nSPS) is 15.9. The van der Waals surface area contributed by atoms with Crippen molar-refractivity contribution >= 4 is 17.8 Å². The van der Waals surface area contributed by atoms with Crippen molar-refractivity contribution in [2.75, 3.05) is 13.1 Å². The third-order valence-corrected chi connectivity index (χ3v) is 3.09. The Kier molecular flexibility index (Phi) is 4.02. The van der Waals surface area contributed by atoms with Gasteiger partial charge in [0.1, 0.15) is 6.04 Å². The molecular formula is C12H15N3O5. The number of amides is 2. The van der Waals surface area contributed by atoms with E-state index in [1.165, 1.54) is 0 Å². The number of nitrogens with zero attached hydrogens (tertiary/aromatic N) is 2. The van der Waals surface area contributed by atoms with Gasteiger partial charge in [0.2, 0.25) is 11.7 Å². The van der Waals surface area contributed by atoms with Gasteiger partial charge in [0.05, 0.1) is 0 Å². The number of carbonyl (C=O) groups excluding carboxylic acids is 2. The van der Waals surface area contributed by atoms with E-state index in [-0.39, 0.29) is 11.6 Å². The minimum Gasteiger partial charge on any atom is -0.475 e. The van der Waals surface area contributed by atoms with E-state index in [0.717, 1.165) is 18.9 Å². The molecule has 8 heteroatoms. The third kappa shape index (κ3) is 2.95. The monoisotopic (exact) mass is 281 g/mol. The highest BCUT2D eigenvalue weighted by atomic mass is 16.5. The van der Waals surface area contributed by atoms with Crippen LogP contribution in [0.4, 0.5) is 0 Å². The lowest BCUT2D eigenvalue weighted by Gasteiger charge is -2.20. The lowest BCUT2D eigenvalue weighted by atomic mass is 10.2. The third-order valence-electron chi connectivity index (χ3n) is 3.09. The van der Waals surface area contributed by atoms with E-state index in [1.807, 2.05) is 0 Å². The van der Waals surface area contributed by atoms with E-state index >= 15 is 0 Å². The van der Waals surface area contributed by atoms with Crippen molar-refractivity contribution in [3.8, 4) is 0 Å². The van der Waals surface area contributed by atoms with Gasteiger partial charge in [0.25, 0.3) is 5.91 Å². The Bertz CT molecular complexity index is 533. The summed E-state index contributed by atoms with van der Waals surface area (Å²) >= 11 is 0. The highest BCUT2D eigenvalue weighted by Gasteiger charge is 2.26. The minimum absolute atomic E-state index is 0.155. The van der Waals surface area contributed by atoms with Crippen molar-refractivity contribution in [1.82, 2.24) is 15.4 Å². The molecule has 1 aromatic heterocycles. The number of carbonyl (C=O) groups is 3. The molecule has 8 nitrogen and oxygen atoms in total. The Hall–Kier alpha value is -2.38. The summed E-state index contributed by atoms with van der Waals surface area (Å²) in [5.74, 6) is -2.52. The van der Waals surface area contributed by atoms with Crippen molar-refractivity contribution in [1.29, 1.82) is 0 Å². The Labute approximate surface area is 114 Å². The molecule has 108 valence electrons. The molecule has 0 bridgehead atoms. The van der Waals surface area contributed by atoms with Gasteiger partial charge in [-0.15, -0.1) is 0 Å². The predicted octanol–water partition coefficient (Wildman–Crippen LogP) is 0.113.